The van der Waals surface area contributed by atoms with Gasteiger partial charge in [-0.25, -0.2) is 0 Å². The average Bonchev–Trinajstić information content (AvgIpc) is 2.69. The number of hydrogen-bond donors (Lipinski definition) is 0. The van der Waals surface area contributed by atoms with Gasteiger partial charge in [-0.05, 0) is 38.5 Å². The van der Waals surface area contributed by atoms with Crippen molar-refractivity contribution >= 4 is 5.78 Å². The van der Waals surface area contributed by atoms with Gasteiger partial charge in [-0.2, -0.15) is 0 Å². The number of ether oxygens (including phenoxy) is 2. The maximum Gasteiger partial charge on any atom is 0.162 e. The zero-order valence-electron chi connectivity index (χ0n) is 16.0. The van der Waals surface area contributed by atoms with Gasteiger partial charge in [0.1, 0.15) is 0 Å². The van der Waals surface area contributed by atoms with Crippen molar-refractivity contribution in [3.05, 3.63) is 48.6 Å². The van der Waals surface area contributed by atoms with E-state index < -0.39 is 0 Å². The molecule has 1 heterocycles. The molecule has 1 aromatic rings. The third kappa shape index (κ3) is 8.29. The van der Waals surface area contributed by atoms with Gasteiger partial charge in [0.15, 0.2) is 12.1 Å². The summed E-state index contributed by atoms with van der Waals surface area (Å²) in [5.74, 6) is 0.202. The number of ketones is 1. The van der Waals surface area contributed by atoms with Crippen molar-refractivity contribution in [2.75, 3.05) is 6.61 Å². The highest BCUT2D eigenvalue weighted by Crippen LogP contribution is 2.22. The zero-order chi connectivity index (χ0) is 18.5. The van der Waals surface area contributed by atoms with Gasteiger partial charge in [0.2, 0.25) is 0 Å². The monoisotopic (exact) mass is 358 g/mol. The van der Waals surface area contributed by atoms with Crippen LogP contribution in [0.3, 0.4) is 0 Å². The molecule has 2 unspecified atom stereocenters. The first-order valence-electron chi connectivity index (χ1n) is 10.3. The second-order valence-electron chi connectivity index (χ2n) is 7.16. The lowest BCUT2D eigenvalue weighted by molar-refractivity contribution is -0.216. The molecule has 0 N–H and O–H groups in total. The molecule has 1 fully saturated rings. The van der Waals surface area contributed by atoms with E-state index in [-0.39, 0.29) is 18.2 Å². The number of rotatable bonds is 13. The van der Waals surface area contributed by atoms with Crippen LogP contribution in [0.1, 0.15) is 81.0 Å². The highest BCUT2D eigenvalue weighted by molar-refractivity contribution is 5.95. The molecule has 0 radical (unpaired) electrons. The van der Waals surface area contributed by atoms with Gasteiger partial charge in [0.25, 0.3) is 0 Å². The fourth-order valence-corrected chi connectivity index (χ4v) is 3.38. The number of carbonyl (C=O) groups excluding carboxylic acids is 1. The first-order chi connectivity index (χ1) is 12.8. The van der Waals surface area contributed by atoms with Crippen LogP contribution in [0.2, 0.25) is 0 Å². The number of benzene rings is 1. The minimum atomic E-state index is -0.0821. The molecule has 0 spiro atoms. The maximum absolute atomic E-state index is 12.2. The SMILES string of the molecule is C=CCCCCCCCCC1OCCC(CCC(=O)c2ccccc2)O1. The Hall–Kier alpha value is -1.45. The van der Waals surface area contributed by atoms with Crippen molar-refractivity contribution in [3.8, 4) is 0 Å². The largest absolute Gasteiger partial charge is 0.353 e. The van der Waals surface area contributed by atoms with Crippen LogP contribution in [0, 0.1) is 0 Å². The summed E-state index contributed by atoms with van der Waals surface area (Å²) < 4.78 is 11.8. The predicted molar refractivity (Wildman–Crippen MR) is 106 cm³/mol. The summed E-state index contributed by atoms with van der Waals surface area (Å²) in [7, 11) is 0. The van der Waals surface area contributed by atoms with E-state index >= 15 is 0 Å². The van der Waals surface area contributed by atoms with Gasteiger partial charge >= 0.3 is 0 Å². The molecular weight excluding hydrogens is 324 g/mol. The lowest BCUT2D eigenvalue weighted by Gasteiger charge is -2.30. The Bertz CT molecular complexity index is 511. The Labute approximate surface area is 158 Å². The molecule has 1 aliphatic rings. The summed E-state index contributed by atoms with van der Waals surface area (Å²) in [4.78, 5) is 12.2. The van der Waals surface area contributed by atoms with Crippen molar-refractivity contribution in [2.24, 2.45) is 0 Å². The van der Waals surface area contributed by atoms with Crippen LogP contribution in [0.4, 0.5) is 0 Å². The van der Waals surface area contributed by atoms with Crippen LogP contribution >= 0.6 is 0 Å². The molecule has 2 atom stereocenters. The van der Waals surface area contributed by atoms with Crippen LogP contribution in [-0.4, -0.2) is 24.8 Å². The Morgan fingerprint density at radius 1 is 1.04 bits per heavy atom. The number of hydrogen-bond acceptors (Lipinski definition) is 3. The van der Waals surface area contributed by atoms with Gasteiger partial charge in [-0.15, -0.1) is 6.58 Å². The number of allylic oxidation sites excluding steroid dienone is 1. The van der Waals surface area contributed by atoms with Gasteiger partial charge in [-0.3, -0.25) is 4.79 Å². The van der Waals surface area contributed by atoms with E-state index in [1.54, 1.807) is 0 Å². The molecule has 0 bridgehead atoms. The number of unbranched alkanes of at least 4 members (excludes halogenated alkanes) is 6. The van der Waals surface area contributed by atoms with E-state index in [1.165, 1.54) is 32.1 Å². The van der Waals surface area contributed by atoms with Crippen molar-refractivity contribution in [3.63, 3.8) is 0 Å². The zero-order valence-corrected chi connectivity index (χ0v) is 16.0. The molecule has 3 heteroatoms. The molecule has 1 saturated heterocycles. The normalized spacial score (nSPS) is 20.0. The third-order valence-corrected chi connectivity index (χ3v) is 4.98. The van der Waals surface area contributed by atoms with Crippen LogP contribution in [0.5, 0.6) is 0 Å². The van der Waals surface area contributed by atoms with Crippen LogP contribution in [0.25, 0.3) is 0 Å². The minimum absolute atomic E-state index is 0.0821. The third-order valence-electron chi connectivity index (χ3n) is 4.98. The quantitative estimate of drug-likeness (QED) is 0.243. The Morgan fingerprint density at radius 2 is 1.77 bits per heavy atom. The summed E-state index contributed by atoms with van der Waals surface area (Å²) in [6, 6.07) is 9.52. The lowest BCUT2D eigenvalue weighted by Crippen LogP contribution is -2.32. The standard InChI is InChI=1S/C23H34O3/c1-2-3-4-5-6-7-8-12-15-23-25-19-18-21(26-23)16-17-22(24)20-13-10-9-11-14-20/h2,9-11,13-14,21,23H,1,3-8,12,15-19H2. The highest BCUT2D eigenvalue weighted by atomic mass is 16.7. The molecule has 1 aromatic carbocycles. The maximum atomic E-state index is 12.2. The van der Waals surface area contributed by atoms with E-state index in [2.05, 4.69) is 6.58 Å². The fourth-order valence-electron chi connectivity index (χ4n) is 3.38. The summed E-state index contributed by atoms with van der Waals surface area (Å²) in [6.07, 6.45) is 14.0. The summed E-state index contributed by atoms with van der Waals surface area (Å²) in [5, 5.41) is 0. The van der Waals surface area contributed by atoms with Crippen molar-refractivity contribution in [1.82, 2.24) is 0 Å². The topological polar surface area (TPSA) is 35.5 Å². The van der Waals surface area contributed by atoms with E-state index in [9.17, 15) is 4.79 Å². The number of Topliss-reactive ketones (excluding diaryl/α,β-unsaturated/α-hetero) is 1. The van der Waals surface area contributed by atoms with Gasteiger partial charge in [-0.1, -0.05) is 62.1 Å². The molecule has 2 rings (SSSR count). The molecular formula is C23H34O3. The predicted octanol–water partition coefficient (Wildman–Crippen LogP) is 6.09. The van der Waals surface area contributed by atoms with E-state index in [1.807, 2.05) is 36.4 Å². The van der Waals surface area contributed by atoms with E-state index in [4.69, 9.17) is 9.47 Å². The van der Waals surface area contributed by atoms with Crippen LogP contribution in [-0.2, 0) is 9.47 Å². The minimum Gasteiger partial charge on any atom is -0.353 e. The van der Waals surface area contributed by atoms with Crippen LogP contribution in [0.15, 0.2) is 43.0 Å². The first kappa shape index (κ1) is 20.9. The van der Waals surface area contributed by atoms with Gasteiger partial charge < -0.3 is 9.47 Å². The fraction of sp³-hybridized carbons (Fsp3) is 0.609. The van der Waals surface area contributed by atoms with Crippen molar-refractivity contribution < 1.29 is 14.3 Å². The van der Waals surface area contributed by atoms with Crippen molar-refractivity contribution in [2.45, 2.75) is 83.0 Å². The molecule has 0 aromatic heterocycles. The number of carbonyl (C=O) groups is 1. The first-order valence-corrected chi connectivity index (χ1v) is 10.3. The van der Waals surface area contributed by atoms with E-state index in [0.717, 1.165) is 44.3 Å². The van der Waals surface area contributed by atoms with Gasteiger partial charge in [0.05, 0.1) is 12.7 Å². The Morgan fingerprint density at radius 3 is 2.54 bits per heavy atom. The summed E-state index contributed by atoms with van der Waals surface area (Å²) in [6.45, 7) is 4.50. The average molecular weight is 359 g/mol. The molecule has 3 nitrogen and oxygen atoms in total. The van der Waals surface area contributed by atoms with Crippen LogP contribution < -0.4 is 0 Å². The second-order valence-corrected chi connectivity index (χ2v) is 7.16. The highest BCUT2D eigenvalue weighted by Gasteiger charge is 2.23. The smallest absolute Gasteiger partial charge is 0.162 e. The molecule has 0 amide bonds. The van der Waals surface area contributed by atoms with E-state index in [0.29, 0.717) is 6.42 Å². The molecule has 26 heavy (non-hydrogen) atoms. The molecule has 0 aliphatic carbocycles. The second kappa shape index (κ2) is 12.8. The van der Waals surface area contributed by atoms with Crippen molar-refractivity contribution in [1.29, 1.82) is 0 Å². The lowest BCUT2D eigenvalue weighted by atomic mass is 10.0. The summed E-state index contributed by atoms with van der Waals surface area (Å²) in [5.41, 5.74) is 0.796. The Kier molecular flexibility index (Phi) is 10.3. The molecule has 0 saturated carbocycles. The molecule has 1 aliphatic heterocycles. The Balaban J connectivity index is 1.55. The van der Waals surface area contributed by atoms with Gasteiger partial charge in [0, 0.05) is 12.0 Å². The molecule has 144 valence electrons. The summed E-state index contributed by atoms with van der Waals surface area (Å²) >= 11 is 0.